The summed E-state index contributed by atoms with van der Waals surface area (Å²) in [6.45, 7) is 3.83. The second-order valence-corrected chi connectivity index (χ2v) is 5.59. The van der Waals surface area contributed by atoms with Gasteiger partial charge in [0, 0.05) is 13.7 Å². The van der Waals surface area contributed by atoms with Crippen molar-refractivity contribution in [3.05, 3.63) is 29.8 Å². The summed E-state index contributed by atoms with van der Waals surface area (Å²) in [6.07, 6.45) is 3.50. The van der Waals surface area contributed by atoms with Crippen LogP contribution in [0.1, 0.15) is 29.6 Å². The van der Waals surface area contributed by atoms with Gasteiger partial charge in [-0.1, -0.05) is 12.1 Å². The van der Waals surface area contributed by atoms with Gasteiger partial charge in [-0.05, 0) is 50.4 Å². The van der Waals surface area contributed by atoms with Gasteiger partial charge in [-0.2, -0.15) is 0 Å². The summed E-state index contributed by atoms with van der Waals surface area (Å²) in [6, 6.07) is 7.32. The van der Waals surface area contributed by atoms with E-state index >= 15 is 0 Å². The molecule has 5 heteroatoms. The third-order valence-electron chi connectivity index (χ3n) is 3.91. The number of ether oxygens (including phenoxy) is 2. The molecule has 0 radical (unpaired) electrons. The SMILES string of the molecule is COCCOc1ccccc1C(=O)NCCC1CCCNC1. The molecule has 0 spiro atoms. The lowest BCUT2D eigenvalue weighted by Gasteiger charge is -2.22. The maximum Gasteiger partial charge on any atom is 0.255 e. The van der Waals surface area contributed by atoms with Gasteiger partial charge < -0.3 is 20.1 Å². The average molecular weight is 306 g/mol. The molecule has 1 aromatic rings. The lowest BCUT2D eigenvalue weighted by atomic mass is 9.96. The van der Waals surface area contributed by atoms with Crippen LogP contribution in [0.15, 0.2) is 24.3 Å². The first-order valence-corrected chi connectivity index (χ1v) is 8.01. The van der Waals surface area contributed by atoms with E-state index in [4.69, 9.17) is 9.47 Å². The molecule has 1 aliphatic heterocycles. The molecule has 0 aliphatic carbocycles. The van der Waals surface area contributed by atoms with Gasteiger partial charge in [-0.3, -0.25) is 4.79 Å². The van der Waals surface area contributed by atoms with Gasteiger partial charge in [0.25, 0.3) is 5.91 Å². The first kappa shape index (κ1) is 16.8. The monoisotopic (exact) mass is 306 g/mol. The topological polar surface area (TPSA) is 59.6 Å². The minimum absolute atomic E-state index is 0.0724. The summed E-state index contributed by atoms with van der Waals surface area (Å²) in [5, 5.41) is 6.40. The predicted octanol–water partition coefficient (Wildman–Crippen LogP) is 1.83. The van der Waals surface area contributed by atoms with Crippen molar-refractivity contribution in [2.75, 3.05) is 40.0 Å². The van der Waals surface area contributed by atoms with E-state index in [0.717, 1.165) is 19.5 Å². The molecule has 1 aromatic carbocycles. The molecule has 1 unspecified atom stereocenters. The van der Waals surface area contributed by atoms with Gasteiger partial charge >= 0.3 is 0 Å². The standard InChI is InChI=1S/C17H26N2O3/c1-21-11-12-22-16-7-3-2-6-15(16)17(20)19-10-8-14-5-4-9-18-13-14/h2-3,6-7,14,18H,4-5,8-13H2,1H3,(H,19,20). The zero-order chi connectivity index (χ0) is 15.6. The number of hydrogen-bond donors (Lipinski definition) is 2. The van der Waals surface area contributed by atoms with Gasteiger partial charge in [0.05, 0.1) is 12.2 Å². The smallest absolute Gasteiger partial charge is 0.255 e. The van der Waals surface area contributed by atoms with Gasteiger partial charge in [0.1, 0.15) is 12.4 Å². The van der Waals surface area contributed by atoms with Crippen LogP contribution in [0.4, 0.5) is 0 Å². The number of carbonyl (C=O) groups is 1. The molecule has 0 bridgehead atoms. The Bertz CT molecular complexity index is 459. The Kier molecular flexibility index (Phi) is 7.19. The Morgan fingerprint density at radius 1 is 1.36 bits per heavy atom. The zero-order valence-electron chi connectivity index (χ0n) is 13.3. The summed E-state index contributed by atoms with van der Waals surface area (Å²) in [5.41, 5.74) is 0.584. The summed E-state index contributed by atoms with van der Waals surface area (Å²) in [7, 11) is 1.63. The van der Waals surface area contributed by atoms with Crippen molar-refractivity contribution in [2.24, 2.45) is 5.92 Å². The van der Waals surface area contributed by atoms with Crippen molar-refractivity contribution >= 4 is 5.91 Å². The molecule has 1 aliphatic rings. The Hall–Kier alpha value is -1.59. The van der Waals surface area contributed by atoms with E-state index in [1.807, 2.05) is 18.2 Å². The van der Waals surface area contributed by atoms with Gasteiger partial charge in [0.15, 0.2) is 0 Å². The van der Waals surface area contributed by atoms with E-state index in [9.17, 15) is 4.79 Å². The molecule has 0 aromatic heterocycles. The Labute approximate surface area is 132 Å². The lowest BCUT2D eigenvalue weighted by Crippen LogP contribution is -2.33. The number of methoxy groups -OCH3 is 1. The average Bonchev–Trinajstić information content (AvgIpc) is 2.56. The van der Waals surface area contributed by atoms with Crippen LogP contribution in [0.5, 0.6) is 5.75 Å². The first-order chi connectivity index (χ1) is 10.8. The molecular weight excluding hydrogens is 280 g/mol. The largest absolute Gasteiger partial charge is 0.490 e. The Morgan fingerprint density at radius 2 is 2.23 bits per heavy atom. The van der Waals surface area contributed by atoms with Crippen LogP contribution < -0.4 is 15.4 Å². The van der Waals surface area contributed by atoms with Crippen LogP contribution in [0.25, 0.3) is 0 Å². The number of nitrogens with one attached hydrogen (secondary N) is 2. The van der Waals surface area contributed by atoms with Crippen molar-refractivity contribution in [3.8, 4) is 5.75 Å². The molecule has 1 saturated heterocycles. The maximum absolute atomic E-state index is 12.3. The molecule has 1 heterocycles. The Morgan fingerprint density at radius 3 is 3.00 bits per heavy atom. The minimum Gasteiger partial charge on any atom is -0.490 e. The molecule has 1 amide bonds. The second kappa shape index (κ2) is 9.43. The van der Waals surface area contributed by atoms with Crippen molar-refractivity contribution in [1.29, 1.82) is 0 Å². The van der Waals surface area contributed by atoms with E-state index in [2.05, 4.69) is 10.6 Å². The van der Waals surface area contributed by atoms with Crippen LogP contribution >= 0.6 is 0 Å². The summed E-state index contributed by atoms with van der Waals surface area (Å²) < 4.78 is 10.6. The highest BCUT2D eigenvalue weighted by Crippen LogP contribution is 2.18. The van der Waals surface area contributed by atoms with E-state index in [1.54, 1.807) is 13.2 Å². The molecule has 2 N–H and O–H groups in total. The van der Waals surface area contributed by atoms with Crippen molar-refractivity contribution < 1.29 is 14.3 Å². The fourth-order valence-electron chi connectivity index (χ4n) is 2.67. The quantitative estimate of drug-likeness (QED) is 0.720. The molecule has 1 fully saturated rings. The van der Waals surface area contributed by atoms with Crippen LogP contribution in [0.2, 0.25) is 0 Å². The third-order valence-corrected chi connectivity index (χ3v) is 3.91. The van der Waals surface area contributed by atoms with E-state index in [-0.39, 0.29) is 5.91 Å². The highest BCUT2D eigenvalue weighted by molar-refractivity contribution is 5.96. The second-order valence-electron chi connectivity index (χ2n) is 5.59. The van der Waals surface area contributed by atoms with Crippen LogP contribution in [-0.4, -0.2) is 45.9 Å². The minimum atomic E-state index is -0.0724. The number of piperidine rings is 1. The van der Waals surface area contributed by atoms with Gasteiger partial charge in [-0.15, -0.1) is 0 Å². The molecule has 5 nitrogen and oxygen atoms in total. The Balaban J connectivity index is 1.80. The van der Waals surface area contributed by atoms with Crippen molar-refractivity contribution in [3.63, 3.8) is 0 Å². The number of hydrogen-bond acceptors (Lipinski definition) is 4. The fourth-order valence-corrected chi connectivity index (χ4v) is 2.67. The van der Waals surface area contributed by atoms with E-state index in [1.165, 1.54) is 12.8 Å². The third kappa shape index (κ3) is 5.31. The van der Waals surface area contributed by atoms with E-state index in [0.29, 0.717) is 37.0 Å². The highest BCUT2D eigenvalue weighted by atomic mass is 16.5. The fraction of sp³-hybridized carbons (Fsp3) is 0.588. The number of amides is 1. The zero-order valence-corrected chi connectivity index (χ0v) is 13.3. The number of benzene rings is 1. The summed E-state index contributed by atoms with van der Waals surface area (Å²) >= 11 is 0. The summed E-state index contributed by atoms with van der Waals surface area (Å²) in [4.78, 5) is 12.3. The molecule has 0 saturated carbocycles. The molecular formula is C17H26N2O3. The van der Waals surface area contributed by atoms with Crippen LogP contribution in [-0.2, 0) is 4.74 Å². The molecule has 2 rings (SSSR count). The van der Waals surface area contributed by atoms with Gasteiger partial charge in [-0.25, -0.2) is 0 Å². The normalized spacial score (nSPS) is 18.0. The lowest BCUT2D eigenvalue weighted by molar-refractivity contribution is 0.0943. The highest BCUT2D eigenvalue weighted by Gasteiger charge is 2.15. The van der Waals surface area contributed by atoms with Gasteiger partial charge in [0.2, 0.25) is 0 Å². The van der Waals surface area contributed by atoms with Crippen molar-refractivity contribution in [2.45, 2.75) is 19.3 Å². The molecule has 22 heavy (non-hydrogen) atoms. The van der Waals surface area contributed by atoms with E-state index < -0.39 is 0 Å². The number of para-hydroxylation sites is 1. The number of carbonyl (C=O) groups excluding carboxylic acids is 1. The van der Waals surface area contributed by atoms with Crippen molar-refractivity contribution in [1.82, 2.24) is 10.6 Å². The maximum atomic E-state index is 12.3. The number of rotatable bonds is 8. The first-order valence-electron chi connectivity index (χ1n) is 8.01. The van der Waals surface area contributed by atoms with Crippen LogP contribution in [0, 0.1) is 5.92 Å². The molecule has 122 valence electrons. The summed E-state index contributed by atoms with van der Waals surface area (Å²) in [5.74, 6) is 1.20. The predicted molar refractivity (Wildman–Crippen MR) is 86.4 cm³/mol. The molecule has 1 atom stereocenters. The van der Waals surface area contributed by atoms with Crippen LogP contribution in [0.3, 0.4) is 0 Å².